The van der Waals surface area contributed by atoms with E-state index in [1.54, 1.807) is 13.8 Å². The van der Waals surface area contributed by atoms with E-state index >= 15 is 0 Å². The number of carbonyl (C=O) groups excluding carboxylic acids is 2. The summed E-state index contributed by atoms with van der Waals surface area (Å²) in [6.07, 6.45) is 0. The number of hydrogen-bond acceptors (Lipinski definition) is 4. The molecule has 0 spiro atoms. The summed E-state index contributed by atoms with van der Waals surface area (Å²) in [6, 6.07) is 3.67. The lowest BCUT2D eigenvalue weighted by molar-refractivity contribution is -0.384. The van der Waals surface area contributed by atoms with E-state index in [4.69, 9.17) is 11.6 Å². The lowest BCUT2D eigenvalue weighted by Crippen LogP contribution is -2.63. The molecule has 1 aliphatic heterocycles. The highest BCUT2D eigenvalue weighted by molar-refractivity contribution is 6.34. The third-order valence-electron chi connectivity index (χ3n) is 3.49. The van der Waals surface area contributed by atoms with Gasteiger partial charge in [0, 0.05) is 25.2 Å². The molecule has 1 N–H and O–H groups in total. The van der Waals surface area contributed by atoms with Crippen molar-refractivity contribution in [3.05, 3.63) is 38.9 Å². The fourth-order valence-electron chi connectivity index (χ4n) is 2.19. The van der Waals surface area contributed by atoms with Crippen LogP contribution >= 0.6 is 11.6 Å². The molecule has 1 fully saturated rings. The first-order chi connectivity index (χ1) is 9.75. The minimum absolute atomic E-state index is 0.0219. The van der Waals surface area contributed by atoms with E-state index in [9.17, 15) is 19.7 Å². The predicted octanol–water partition coefficient (Wildman–Crippen LogP) is 1.60. The minimum atomic E-state index is -1.04. The van der Waals surface area contributed by atoms with E-state index < -0.39 is 16.4 Å². The molecule has 0 bridgehead atoms. The Hall–Kier alpha value is -2.15. The zero-order valence-corrected chi connectivity index (χ0v) is 12.3. The molecule has 0 unspecified atom stereocenters. The van der Waals surface area contributed by atoms with E-state index in [2.05, 4.69) is 5.32 Å². The highest BCUT2D eigenvalue weighted by Crippen LogP contribution is 2.27. The molecule has 2 rings (SSSR count). The molecule has 1 aromatic carbocycles. The minimum Gasteiger partial charge on any atom is -0.352 e. The molecule has 21 heavy (non-hydrogen) atoms. The van der Waals surface area contributed by atoms with Gasteiger partial charge in [-0.2, -0.15) is 0 Å². The van der Waals surface area contributed by atoms with Crippen molar-refractivity contribution in [2.24, 2.45) is 0 Å². The van der Waals surface area contributed by atoms with Crippen LogP contribution in [0.5, 0.6) is 0 Å². The first kappa shape index (κ1) is 15.2. The molecular weight excluding hydrogens is 298 g/mol. The van der Waals surface area contributed by atoms with Gasteiger partial charge in [-0.25, -0.2) is 0 Å². The Bertz CT molecular complexity index is 630. The first-order valence-electron chi connectivity index (χ1n) is 6.29. The molecule has 0 aromatic heterocycles. The molecule has 2 amide bonds. The van der Waals surface area contributed by atoms with Crippen LogP contribution in [-0.4, -0.2) is 40.3 Å². The lowest BCUT2D eigenvalue weighted by Gasteiger charge is -2.41. The zero-order valence-electron chi connectivity index (χ0n) is 11.6. The molecule has 0 aliphatic carbocycles. The number of amides is 2. The summed E-state index contributed by atoms with van der Waals surface area (Å²) in [7, 11) is 0. The average Bonchev–Trinajstić information content (AvgIpc) is 2.41. The van der Waals surface area contributed by atoms with Crippen LogP contribution in [0.4, 0.5) is 5.69 Å². The van der Waals surface area contributed by atoms with Crippen LogP contribution in [0.15, 0.2) is 18.2 Å². The van der Waals surface area contributed by atoms with Gasteiger partial charge in [-0.15, -0.1) is 0 Å². The quantitative estimate of drug-likeness (QED) is 0.663. The second kappa shape index (κ2) is 5.33. The fourth-order valence-corrected chi connectivity index (χ4v) is 2.39. The Balaban J connectivity index is 2.42. The summed E-state index contributed by atoms with van der Waals surface area (Å²) in [5.74, 6) is -0.771. The number of carbonyl (C=O) groups is 2. The van der Waals surface area contributed by atoms with E-state index in [1.807, 2.05) is 0 Å². The first-order valence-corrected chi connectivity index (χ1v) is 6.67. The number of nitrogens with zero attached hydrogens (tertiary/aromatic N) is 2. The second-order valence-corrected chi connectivity index (χ2v) is 5.60. The van der Waals surface area contributed by atoms with Crippen LogP contribution < -0.4 is 5.32 Å². The molecule has 0 atom stereocenters. The molecule has 0 radical (unpaired) electrons. The summed E-state index contributed by atoms with van der Waals surface area (Å²) in [6.45, 7) is 3.88. The van der Waals surface area contributed by atoms with Gasteiger partial charge in [-0.05, 0) is 19.9 Å². The molecule has 1 aliphatic rings. The Kier molecular flexibility index (Phi) is 3.87. The van der Waals surface area contributed by atoms with Crippen LogP contribution in [0.25, 0.3) is 0 Å². The third kappa shape index (κ3) is 2.69. The highest BCUT2D eigenvalue weighted by atomic mass is 35.5. The van der Waals surface area contributed by atoms with Crippen molar-refractivity contribution in [3.8, 4) is 0 Å². The lowest BCUT2D eigenvalue weighted by atomic mass is 9.97. The van der Waals surface area contributed by atoms with Crippen LogP contribution in [-0.2, 0) is 4.79 Å². The third-order valence-corrected chi connectivity index (χ3v) is 3.82. The molecular formula is C13H14ClN3O4. The van der Waals surface area contributed by atoms with Gasteiger partial charge in [0.1, 0.15) is 5.54 Å². The van der Waals surface area contributed by atoms with Gasteiger partial charge in [-0.3, -0.25) is 19.7 Å². The van der Waals surface area contributed by atoms with Crippen LogP contribution in [0, 0.1) is 10.1 Å². The number of nitrogens with one attached hydrogen (secondary N) is 1. The molecule has 0 saturated carbocycles. The topological polar surface area (TPSA) is 92.6 Å². The van der Waals surface area contributed by atoms with E-state index in [-0.39, 0.29) is 22.2 Å². The van der Waals surface area contributed by atoms with Crippen molar-refractivity contribution < 1.29 is 14.5 Å². The normalized spacial score (nSPS) is 17.3. The van der Waals surface area contributed by atoms with Crippen molar-refractivity contribution in [1.82, 2.24) is 10.2 Å². The van der Waals surface area contributed by atoms with Crippen molar-refractivity contribution in [1.29, 1.82) is 0 Å². The molecule has 112 valence electrons. The number of hydrogen-bond donors (Lipinski definition) is 1. The van der Waals surface area contributed by atoms with Gasteiger partial charge < -0.3 is 10.2 Å². The second-order valence-electron chi connectivity index (χ2n) is 5.19. The average molecular weight is 312 g/mol. The monoisotopic (exact) mass is 311 g/mol. The number of nitro benzene ring substituents is 1. The van der Waals surface area contributed by atoms with Crippen molar-refractivity contribution in [2.45, 2.75) is 19.4 Å². The van der Waals surface area contributed by atoms with Gasteiger partial charge in [0.2, 0.25) is 5.91 Å². The Morgan fingerprint density at radius 2 is 2.14 bits per heavy atom. The van der Waals surface area contributed by atoms with Gasteiger partial charge in [-0.1, -0.05) is 11.6 Å². The zero-order chi connectivity index (χ0) is 15.8. The summed E-state index contributed by atoms with van der Waals surface area (Å²) in [5.41, 5.74) is -1.24. The molecule has 7 nitrogen and oxygen atoms in total. The van der Waals surface area contributed by atoms with Crippen LogP contribution in [0.2, 0.25) is 5.02 Å². The fraction of sp³-hybridized carbons (Fsp3) is 0.385. The van der Waals surface area contributed by atoms with Crippen LogP contribution in [0.1, 0.15) is 24.2 Å². The Morgan fingerprint density at radius 3 is 2.76 bits per heavy atom. The van der Waals surface area contributed by atoms with E-state index in [0.29, 0.717) is 13.1 Å². The predicted molar refractivity (Wildman–Crippen MR) is 76.2 cm³/mol. The summed E-state index contributed by atoms with van der Waals surface area (Å²) < 4.78 is 0. The number of piperazine rings is 1. The largest absolute Gasteiger partial charge is 0.352 e. The Morgan fingerprint density at radius 1 is 1.48 bits per heavy atom. The summed E-state index contributed by atoms with van der Waals surface area (Å²) >= 11 is 5.97. The van der Waals surface area contributed by atoms with Crippen molar-refractivity contribution in [2.75, 3.05) is 13.1 Å². The maximum Gasteiger partial charge on any atom is 0.270 e. The number of benzene rings is 1. The molecule has 1 aromatic rings. The highest BCUT2D eigenvalue weighted by Gasteiger charge is 2.41. The smallest absolute Gasteiger partial charge is 0.270 e. The molecule has 1 heterocycles. The maximum absolute atomic E-state index is 12.6. The van der Waals surface area contributed by atoms with Gasteiger partial charge in [0.15, 0.2) is 0 Å². The summed E-state index contributed by atoms with van der Waals surface area (Å²) in [5, 5.41) is 13.6. The Labute approximate surface area is 126 Å². The number of halogens is 1. The van der Waals surface area contributed by atoms with E-state index in [0.717, 1.165) is 6.07 Å². The van der Waals surface area contributed by atoms with Crippen molar-refractivity contribution >= 4 is 29.1 Å². The molecule has 1 saturated heterocycles. The summed E-state index contributed by atoms with van der Waals surface area (Å²) in [4.78, 5) is 36.1. The number of non-ortho nitro benzene ring substituents is 1. The van der Waals surface area contributed by atoms with Crippen LogP contribution in [0.3, 0.4) is 0 Å². The number of nitro groups is 1. The van der Waals surface area contributed by atoms with E-state index in [1.165, 1.54) is 17.0 Å². The number of rotatable bonds is 2. The standard InChI is InChI=1S/C13H14ClN3O4/c1-13(2)12(19)15-5-6-16(13)11(18)9-7-8(17(20)21)3-4-10(9)14/h3-4,7H,5-6H2,1-2H3,(H,15,19). The van der Waals surface area contributed by atoms with Gasteiger partial charge in [0.05, 0.1) is 15.5 Å². The van der Waals surface area contributed by atoms with Gasteiger partial charge in [0.25, 0.3) is 11.6 Å². The SMILES string of the molecule is CC1(C)C(=O)NCCN1C(=O)c1cc([N+](=O)[O-])ccc1Cl. The van der Waals surface area contributed by atoms with Crippen molar-refractivity contribution in [3.63, 3.8) is 0 Å². The molecule has 8 heteroatoms. The van der Waals surface area contributed by atoms with Gasteiger partial charge >= 0.3 is 0 Å². The maximum atomic E-state index is 12.6.